The summed E-state index contributed by atoms with van der Waals surface area (Å²) < 4.78 is 51.2. The Bertz CT molecular complexity index is 1380. The van der Waals surface area contributed by atoms with Crippen LogP contribution in [0.1, 0.15) is 60.6 Å². The van der Waals surface area contributed by atoms with Crippen LogP contribution in [0.25, 0.3) is 22.4 Å². The molecular formula is C27H30F3N5O3. The molecule has 0 aliphatic carbocycles. The van der Waals surface area contributed by atoms with E-state index < -0.39 is 17.9 Å². The Balaban J connectivity index is 1.46. The SMILES string of the molecule is C=C1CCCN1C1CCN(C(=O)c2nc(-c3ccc(OC)c4nc(C(F)(F)F)ccc34)oc2C(C)N)CC1. The number of piperidine rings is 1. The minimum atomic E-state index is -4.62. The molecule has 1 unspecified atom stereocenters. The standard InChI is InChI=1S/C27H30F3N5O3/c1-15-5-4-12-35(15)17-10-13-34(14-11-17)26(36)23-24(16(2)31)38-25(33-23)19-6-8-20(37-3)22-18(19)7-9-21(32-22)27(28,29)30/h6-9,16-17H,1,4-5,10-14,31H2,2-3H3. The van der Waals surface area contributed by atoms with E-state index in [1.807, 2.05) is 0 Å². The summed E-state index contributed by atoms with van der Waals surface area (Å²) in [7, 11) is 1.36. The van der Waals surface area contributed by atoms with Crippen molar-refractivity contribution in [2.45, 2.75) is 50.9 Å². The number of ether oxygens (including phenoxy) is 1. The number of likely N-dealkylation sites (tertiary alicyclic amines) is 2. The smallest absolute Gasteiger partial charge is 0.433 e. The van der Waals surface area contributed by atoms with Gasteiger partial charge in [0.25, 0.3) is 5.91 Å². The van der Waals surface area contributed by atoms with E-state index in [1.54, 1.807) is 17.9 Å². The number of oxazole rings is 1. The van der Waals surface area contributed by atoms with E-state index in [2.05, 4.69) is 21.4 Å². The Morgan fingerprint density at radius 3 is 2.53 bits per heavy atom. The number of hydrogen-bond donors (Lipinski definition) is 1. The summed E-state index contributed by atoms with van der Waals surface area (Å²) in [5, 5.41) is 0.348. The zero-order valence-corrected chi connectivity index (χ0v) is 21.3. The van der Waals surface area contributed by atoms with Gasteiger partial charge in [-0.1, -0.05) is 6.58 Å². The van der Waals surface area contributed by atoms with Gasteiger partial charge in [0.1, 0.15) is 17.0 Å². The lowest BCUT2D eigenvalue weighted by atomic mass is 10.0. The molecule has 2 N–H and O–H groups in total. The van der Waals surface area contributed by atoms with Crippen LogP contribution in [-0.2, 0) is 6.18 Å². The molecule has 5 rings (SSSR count). The van der Waals surface area contributed by atoms with Gasteiger partial charge in [-0.25, -0.2) is 9.97 Å². The lowest BCUT2D eigenvalue weighted by Crippen LogP contribution is -2.45. The number of alkyl halides is 3. The molecule has 2 aliphatic heterocycles. The molecule has 11 heteroatoms. The first-order valence-corrected chi connectivity index (χ1v) is 12.6. The minimum absolute atomic E-state index is 0.0128. The monoisotopic (exact) mass is 529 g/mol. The van der Waals surface area contributed by atoms with Crippen LogP contribution < -0.4 is 10.5 Å². The second kappa shape index (κ2) is 9.94. The second-order valence-corrected chi connectivity index (χ2v) is 9.81. The van der Waals surface area contributed by atoms with E-state index in [0.29, 0.717) is 30.1 Å². The number of nitrogens with two attached hydrogens (primary N) is 1. The highest BCUT2D eigenvalue weighted by molar-refractivity contribution is 5.98. The van der Waals surface area contributed by atoms with E-state index in [9.17, 15) is 18.0 Å². The molecule has 1 amide bonds. The zero-order chi connectivity index (χ0) is 27.2. The van der Waals surface area contributed by atoms with E-state index in [1.165, 1.54) is 24.9 Å². The fourth-order valence-electron chi connectivity index (χ4n) is 5.34. The molecule has 1 aromatic carbocycles. The lowest BCUT2D eigenvalue weighted by molar-refractivity contribution is -0.140. The van der Waals surface area contributed by atoms with Gasteiger partial charge in [0.2, 0.25) is 5.89 Å². The molecule has 0 saturated carbocycles. The van der Waals surface area contributed by atoms with Crippen LogP contribution in [0.3, 0.4) is 0 Å². The summed E-state index contributed by atoms with van der Waals surface area (Å²) in [5.41, 5.74) is 6.78. The molecule has 0 bridgehead atoms. The number of carbonyl (C=O) groups is 1. The Morgan fingerprint density at radius 1 is 1.18 bits per heavy atom. The number of allylic oxidation sites excluding steroid dienone is 1. The van der Waals surface area contributed by atoms with Crippen molar-refractivity contribution in [1.82, 2.24) is 19.8 Å². The maximum atomic E-state index is 13.5. The molecule has 2 saturated heterocycles. The molecule has 2 fully saturated rings. The van der Waals surface area contributed by atoms with Crippen molar-refractivity contribution in [2.24, 2.45) is 5.73 Å². The molecule has 8 nitrogen and oxygen atoms in total. The van der Waals surface area contributed by atoms with Gasteiger partial charge in [0.15, 0.2) is 11.5 Å². The van der Waals surface area contributed by atoms with Gasteiger partial charge in [-0.05, 0) is 56.9 Å². The molecule has 202 valence electrons. The van der Waals surface area contributed by atoms with Crippen LogP contribution in [-0.4, -0.2) is 58.5 Å². The van der Waals surface area contributed by atoms with E-state index in [4.69, 9.17) is 14.9 Å². The van der Waals surface area contributed by atoms with Crippen LogP contribution >= 0.6 is 0 Å². The van der Waals surface area contributed by atoms with Crippen molar-refractivity contribution in [2.75, 3.05) is 26.7 Å². The number of methoxy groups -OCH3 is 1. The van der Waals surface area contributed by atoms with Crippen molar-refractivity contribution < 1.29 is 27.1 Å². The number of nitrogens with zero attached hydrogens (tertiary/aromatic N) is 4. The van der Waals surface area contributed by atoms with Gasteiger partial charge in [-0.2, -0.15) is 13.2 Å². The predicted octanol–water partition coefficient (Wildman–Crippen LogP) is 5.15. The maximum absolute atomic E-state index is 13.5. The van der Waals surface area contributed by atoms with Gasteiger partial charge in [0, 0.05) is 42.3 Å². The summed E-state index contributed by atoms with van der Waals surface area (Å²) in [5.74, 6) is 0.206. The normalized spacial score (nSPS) is 17.9. The second-order valence-electron chi connectivity index (χ2n) is 9.81. The molecular weight excluding hydrogens is 499 g/mol. The van der Waals surface area contributed by atoms with E-state index in [0.717, 1.165) is 38.3 Å². The summed E-state index contributed by atoms with van der Waals surface area (Å²) in [6.45, 7) is 8.01. The third-order valence-electron chi connectivity index (χ3n) is 7.29. The number of halogens is 3. The fourth-order valence-corrected chi connectivity index (χ4v) is 5.34. The largest absolute Gasteiger partial charge is 0.494 e. The van der Waals surface area contributed by atoms with Crippen molar-refractivity contribution >= 4 is 16.8 Å². The number of pyridine rings is 1. The molecule has 0 radical (unpaired) electrons. The van der Waals surface area contributed by atoms with Crippen LogP contribution in [0.2, 0.25) is 0 Å². The van der Waals surface area contributed by atoms with Gasteiger partial charge < -0.3 is 24.7 Å². The molecule has 3 aromatic rings. The first-order valence-electron chi connectivity index (χ1n) is 12.6. The summed E-state index contributed by atoms with van der Waals surface area (Å²) >= 11 is 0. The van der Waals surface area contributed by atoms with Crippen molar-refractivity contribution in [3.05, 3.63) is 53.7 Å². The van der Waals surface area contributed by atoms with E-state index >= 15 is 0 Å². The first kappa shape index (κ1) is 26.0. The van der Waals surface area contributed by atoms with Crippen LogP contribution in [0, 0.1) is 0 Å². The molecule has 1 atom stereocenters. The molecule has 4 heterocycles. The quantitative estimate of drug-likeness (QED) is 0.488. The topological polar surface area (TPSA) is 97.7 Å². The highest BCUT2D eigenvalue weighted by atomic mass is 19.4. The van der Waals surface area contributed by atoms with Gasteiger partial charge in [-0.15, -0.1) is 0 Å². The fraction of sp³-hybridized carbons (Fsp3) is 0.444. The number of carbonyl (C=O) groups excluding carboxylic acids is 1. The Morgan fingerprint density at radius 2 is 1.92 bits per heavy atom. The van der Waals surface area contributed by atoms with Crippen LogP contribution in [0.5, 0.6) is 5.75 Å². The Kier molecular flexibility index (Phi) is 6.81. The summed E-state index contributed by atoms with van der Waals surface area (Å²) in [4.78, 5) is 26.0. The maximum Gasteiger partial charge on any atom is 0.433 e. The Labute approximate surface area is 218 Å². The van der Waals surface area contributed by atoms with Gasteiger partial charge in [0.05, 0.1) is 13.2 Å². The number of aromatic nitrogens is 2. The number of hydrogen-bond acceptors (Lipinski definition) is 7. The minimum Gasteiger partial charge on any atom is -0.494 e. The molecule has 2 aromatic heterocycles. The summed E-state index contributed by atoms with van der Waals surface area (Å²) in [6.07, 6.45) is -0.815. The average Bonchev–Trinajstić information content (AvgIpc) is 3.53. The average molecular weight is 530 g/mol. The van der Waals surface area contributed by atoms with Crippen molar-refractivity contribution in [3.8, 4) is 17.2 Å². The van der Waals surface area contributed by atoms with Crippen molar-refractivity contribution in [3.63, 3.8) is 0 Å². The number of rotatable bonds is 5. The molecule has 2 aliphatic rings. The summed E-state index contributed by atoms with van der Waals surface area (Å²) in [6, 6.07) is 5.06. The van der Waals surface area contributed by atoms with E-state index in [-0.39, 0.29) is 34.5 Å². The third-order valence-corrected chi connectivity index (χ3v) is 7.29. The first-order chi connectivity index (χ1) is 18.1. The lowest BCUT2D eigenvalue weighted by Gasteiger charge is -2.38. The number of fused-ring (bicyclic) bond motifs is 1. The third kappa shape index (κ3) is 4.70. The zero-order valence-electron chi connectivity index (χ0n) is 21.3. The van der Waals surface area contributed by atoms with Gasteiger partial charge >= 0.3 is 6.18 Å². The van der Waals surface area contributed by atoms with Crippen molar-refractivity contribution in [1.29, 1.82) is 0 Å². The molecule has 38 heavy (non-hydrogen) atoms. The van der Waals surface area contributed by atoms with Crippen LogP contribution in [0.4, 0.5) is 13.2 Å². The number of benzene rings is 1. The predicted molar refractivity (Wildman–Crippen MR) is 135 cm³/mol. The molecule has 0 spiro atoms. The highest BCUT2D eigenvalue weighted by Crippen LogP contribution is 2.38. The Hall–Kier alpha value is -3.60. The number of amides is 1. The van der Waals surface area contributed by atoms with Gasteiger partial charge in [-0.3, -0.25) is 4.79 Å². The highest BCUT2D eigenvalue weighted by Gasteiger charge is 2.35. The van der Waals surface area contributed by atoms with Crippen LogP contribution in [0.15, 0.2) is 41.0 Å².